The van der Waals surface area contributed by atoms with Crippen molar-refractivity contribution in [3.63, 3.8) is 0 Å². The van der Waals surface area contributed by atoms with Gasteiger partial charge in [-0.25, -0.2) is 0 Å². The number of aryl methyl sites for hydroxylation is 3. The van der Waals surface area contributed by atoms with Crippen molar-refractivity contribution in [1.29, 1.82) is 0 Å². The van der Waals surface area contributed by atoms with E-state index in [1.165, 1.54) is 4.68 Å². The fourth-order valence-corrected chi connectivity index (χ4v) is 1.74. The molecule has 0 bridgehead atoms. The number of nitrogens with one attached hydrogen (secondary N) is 2. The van der Waals surface area contributed by atoms with Crippen molar-refractivity contribution in [2.45, 2.75) is 6.92 Å². The van der Waals surface area contributed by atoms with E-state index in [0.29, 0.717) is 11.5 Å². The van der Waals surface area contributed by atoms with Crippen LogP contribution in [0.4, 0.5) is 5.82 Å². The molecule has 2 heterocycles. The van der Waals surface area contributed by atoms with Crippen LogP contribution < -0.4 is 10.6 Å². The van der Waals surface area contributed by atoms with Crippen molar-refractivity contribution in [2.24, 2.45) is 14.1 Å². The minimum Gasteiger partial charge on any atom is -0.342 e. The summed E-state index contributed by atoms with van der Waals surface area (Å²) in [6.45, 7) is 1.67. The van der Waals surface area contributed by atoms with E-state index in [-0.39, 0.29) is 18.4 Å². The van der Waals surface area contributed by atoms with Crippen LogP contribution in [0, 0.1) is 6.92 Å². The molecule has 8 nitrogen and oxygen atoms in total. The Morgan fingerprint density at radius 2 is 2.05 bits per heavy atom. The number of hydrogen-bond acceptors (Lipinski definition) is 4. The molecule has 0 radical (unpaired) electrons. The second-order valence-electron chi connectivity index (χ2n) is 4.40. The van der Waals surface area contributed by atoms with Gasteiger partial charge in [0.2, 0.25) is 5.91 Å². The Hall–Kier alpha value is -2.64. The topological polar surface area (TPSA) is 93.8 Å². The second-order valence-corrected chi connectivity index (χ2v) is 4.40. The van der Waals surface area contributed by atoms with Crippen molar-refractivity contribution >= 4 is 17.6 Å². The lowest BCUT2D eigenvalue weighted by molar-refractivity contribution is -0.115. The molecule has 0 aliphatic heterocycles. The number of nitrogens with zero attached hydrogens (tertiary/aromatic N) is 4. The van der Waals surface area contributed by atoms with Crippen LogP contribution in [0.15, 0.2) is 18.3 Å². The molecule has 0 spiro atoms. The third-order valence-electron chi connectivity index (χ3n) is 2.63. The minimum atomic E-state index is -0.343. The average molecular weight is 276 g/mol. The van der Waals surface area contributed by atoms with Gasteiger partial charge >= 0.3 is 0 Å². The van der Waals surface area contributed by atoms with E-state index in [9.17, 15) is 9.59 Å². The van der Waals surface area contributed by atoms with E-state index in [2.05, 4.69) is 20.8 Å². The molecule has 0 aliphatic carbocycles. The standard InChI is InChI=1S/C12H16N6O2/c1-8-6-9(18(3)15-8)12(20)13-7-11(19)14-10-4-5-17(2)16-10/h4-6H,7H2,1-3H3,(H,13,20)(H,14,16,19). The van der Waals surface area contributed by atoms with Crippen LogP contribution in [0.3, 0.4) is 0 Å². The molecule has 0 fully saturated rings. The van der Waals surface area contributed by atoms with Gasteiger partial charge in [-0.3, -0.25) is 19.0 Å². The van der Waals surface area contributed by atoms with Crippen molar-refractivity contribution in [3.8, 4) is 0 Å². The van der Waals surface area contributed by atoms with E-state index < -0.39 is 0 Å². The quantitative estimate of drug-likeness (QED) is 0.810. The average Bonchev–Trinajstić information content (AvgIpc) is 2.92. The fraction of sp³-hybridized carbons (Fsp3) is 0.333. The van der Waals surface area contributed by atoms with E-state index >= 15 is 0 Å². The first-order valence-electron chi connectivity index (χ1n) is 6.04. The summed E-state index contributed by atoms with van der Waals surface area (Å²) >= 11 is 0. The number of amides is 2. The molecule has 20 heavy (non-hydrogen) atoms. The number of aromatic nitrogens is 4. The molecule has 0 atom stereocenters. The molecule has 8 heteroatoms. The number of carbonyl (C=O) groups excluding carboxylic acids is 2. The number of rotatable bonds is 4. The predicted octanol–water partition coefficient (Wildman–Crippen LogP) is -0.169. The van der Waals surface area contributed by atoms with Gasteiger partial charge in [0.05, 0.1) is 12.2 Å². The molecule has 2 N–H and O–H groups in total. The monoisotopic (exact) mass is 276 g/mol. The minimum absolute atomic E-state index is 0.125. The maximum Gasteiger partial charge on any atom is 0.269 e. The smallest absolute Gasteiger partial charge is 0.269 e. The van der Waals surface area contributed by atoms with Crippen LogP contribution in [0.2, 0.25) is 0 Å². The molecular weight excluding hydrogens is 260 g/mol. The van der Waals surface area contributed by atoms with Crippen LogP contribution >= 0.6 is 0 Å². The Bertz CT molecular complexity index is 642. The lowest BCUT2D eigenvalue weighted by atomic mass is 10.3. The molecule has 0 saturated heterocycles. The summed E-state index contributed by atoms with van der Waals surface area (Å²) in [4.78, 5) is 23.5. The van der Waals surface area contributed by atoms with Gasteiger partial charge in [-0.05, 0) is 13.0 Å². The van der Waals surface area contributed by atoms with Crippen LogP contribution in [0.5, 0.6) is 0 Å². The highest BCUT2D eigenvalue weighted by Gasteiger charge is 2.13. The summed E-state index contributed by atoms with van der Waals surface area (Å²) in [5, 5.41) is 13.2. The molecule has 0 aromatic carbocycles. The van der Waals surface area contributed by atoms with Gasteiger partial charge in [0, 0.05) is 26.4 Å². The largest absolute Gasteiger partial charge is 0.342 e. The van der Waals surface area contributed by atoms with Crippen molar-refractivity contribution in [2.75, 3.05) is 11.9 Å². The predicted molar refractivity (Wildman–Crippen MR) is 72.1 cm³/mol. The number of carbonyl (C=O) groups is 2. The van der Waals surface area contributed by atoms with Crippen molar-refractivity contribution < 1.29 is 9.59 Å². The van der Waals surface area contributed by atoms with Gasteiger partial charge in [0.1, 0.15) is 5.69 Å². The molecular formula is C12H16N6O2. The molecule has 0 saturated carbocycles. The third kappa shape index (κ3) is 3.22. The van der Waals surface area contributed by atoms with Crippen molar-refractivity contribution in [1.82, 2.24) is 24.9 Å². The van der Waals surface area contributed by atoms with Gasteiger partial charge in [-0.1, -0.05) is 0 Å². The Balaban J connectivity index is 1.87. The SMILES string of the molecule is Cc1cc(C(=O)NCC(=O)Nc2ccn(C)n2)n(C)n1. The Kier molecular flexibility index (Phi) is 3.83. The van der Waals surface area contributed by atoms with Gasteiger partial charge in [-0.2, -0.15) is 10.2 Å². The summed E-state index contributed by atoms with van der Waals surface area (Å²) in [5.41, 5.74) is 1.16. The summed E-state index contributed by atoms with van der Waals surface area (Å²) in [7, 11) is 3.43. The molecule has 0 unspecified atom stereocenters. The van der Waals surface area contributed by atoms with Crippen LogP contribution in [0.1, 0.15) is 16.2 Å². The van der Waals surface area contributed by atoms with Gasteiger partial charge in [0.15, 0.2) is 5.82 Å². The lowest BCUT2D eigenvalue weighted by Gasteiger charge is -2.05. The van der Waals surface area contributed by atoms with Gasteiger partial charge in [-0.15, -0.1) is 0 Å². The fourth-order valence-electron chi connectivity index (χ4n) is 1.74. The first-order valence-corrected chi connectivity index (χ1v) is 6.04. The molecule has 2 aromatic rings. The molecule has 0 aliphatic rings. The van der Waals surface area contributed by atoms with E-state index in [4.69, 9.17) is 0 Å². The second kappa shape index (κ2) is 5.55. The summed E-state index contributed by atoms with van der Waals surface area (Å²) in [6, 6.07) is 3.33. The third-order valence-corrected chi connectivity index (χ3v) is 2.63. The van der Waals surface area contributed by atoms with Crippen molar-refractivity contribution in [3.05, 3.63) is 29.7 Å². The Morgan fingerprint density at radius 3 is 2.60 bits per heavy atom. The first-order chi connectivity index (χ1) is 9.45. The van der Waals surface area contributed by atoms with Crippen LogP contribution in [-0.2, 0) is 18.9 Å². The van der Waals surface area contributed by atoms with Gasteiger partial charge < -0.3 is 10.6 Å². The Labute approximate surface area is 115 Å². The maximum absolute atomic E-state index is 11.9. The normalized spacial score (nSPS) is 10.3. The zero-order valence-corrected chi connectivity index (χ0v) is 11.5. The highest BCUT2D eigenvalue weighted by atomic mass is 16.2. The van der Waals surface area contributed by atoms with E-state index in [0.717, 1.165) is 5.69 Å². The maximum atomic E-state index is 11.9. The van der Waals surface area contributed by atoms with E-state index in [1.54, 1.807) is 44.0 Å². The number of anilines is 1. The lowest BCUT2D eigenvalue weighted by Crippen LogP contribution is -2.33. The van der Waals surface area contributed by atoms with Crippen LogP contribution in [0.25, 0.3) is 0 Å². The zero-order valence-electron chi connectivity index (χ0n) is 11.5. The highest BCUT2D eigenvalue weighted by Crippen LogP contribution is 2.02. The van der Waals surface area contributed by atoms with Gasteiger partial charge in [0.25, 0.3) is 5.91 Å². The zero-order chi connectivity index (χ0) is 14.7. The summed E-state index contributed by atoms with van der Waals surface area (Å²) < 4.78 is 3.05. The molecule has 2 rings (SSSR count). The first kappa shape index (κ1) is 13.8. The Morgan fingerprint density at radius 1 is 1.30 bits per heavy atom. The summed E-state index contributed by atoms with van der Waals surface area (Å²) in [5.74, 6) is -0.233. The highest BCUT2D eigenvalue weighted by molar-refractivity contribution is 5.98. The number of hydrogen-bond donors (Lipinski definition) is 2. The summed E-state index contributed by atoms with van der Waals surface area (Å²) in [6.07, 6.45) is 1.71. The van der Waals surface area contributed by atoms with Crippen LogP contribution in [-0.4, -0.2) is 37.9 Å². The molecule has 106 valence electrons. The molecule has 2 aromatic heterocycles. The van der Waals surface area contributed by atoms with E-state index in [1.807, 2.05) is 0 Å². The molecule has 2 amide bonds.